The smallest absolute Gasteiger partial charge is 0.0149 e. The number of rotatable bonds is 0. The van der Waals surface area contributed by atoms with E-state index in [1.54, 1.807) is 0 Å². The predicted molar refractivity (Wildman–Crippen MR) is 21.3 cm³/mol. The van der Waals surface area contributed by atoms with E-state index in [1.165, 1.54) is 0 Å². The van der Waals surface area contributed by atoms with Gasteiger partial charge in [-0.2, -0.15) is 0 Å². The van der Waals surface area contributed by atoms with Crippen LogP contribution in [0.5, 0.6) is 0 Å². The maximum absolute atomic E-state index is 0. The van der Waals surface area contributed by atoms with E-state index in [0.717, 1.165) is 0 Å². The van der Waals surface area contributed by atoms with Gasteiger partial charge in [0.15, 0.2) is 17.4 Å². The second kappa shape index (κ2) is 17.5. The number of hydrogen-bond donors (Lipinski definition) is 0. The molecule has 4 heavy (non-hydrogen) atoms. The maximum atomic E-state index is 0. The van der Waals surface area contributed by atoms with Crippen molar-refractivity contribution in [2.75, 3.05) is 0 Å². The molecule has 0 nitrogen and oxygen atoms in total. The van der Waals surface area contributed by atoms with E-state index in [9.17, 15) is 0 Å². The van der Waals surface area contributed by atoms with Gasteiger partial charge >= 0.3 is 0 Å². The molecule has 4 heteroatoms. The molecule has 2 radical (unpaired) electrons. The van der Waals surface area contributed by atoms with E-state index in [4.69, 9.17) is 0 Å². The van der Waals surface area contributed by atoms with Crippen molar-refractivity contribution in [2.24, 2.45) is 0 Å². The summed E-state index contributed by atoms with van der Waals surface area (Å²) >= 11 is 0. The van der Waals surface area contributed by atoms with Crippen LogP contribution in [0, 0.1) is 0 Å². The maximum Gasteiger partial charge on any atom is 0.187 e. The first kappa shape index (κ1) is 30.7. The van der Waals surface area contributed by atoms with E-state index < -0.39 is 0 Å². The van der Waals surface area contributed by atoms with Gasteiger partial charge in [-0.3, -0.25) is 0 Å². The Hall–Kier alpha value is 2.59. The second-order valence-electron chi connectivity index (χ2n) is 0. The van der Waals surface area contributed by atoms with Crippen LogP contribution in [0.2, 0.25) is 0 Å². The van der Waals surface area contributed by atoms with Gasteiger partial charge in [-0.15, -0.1) is 0 Å². The molecule has 0 aliphatic rings. The Bertz CT molecular complexity index is 8.00. The van der Waals surface area contributed by atoms with Crippen molar-refractivity contribution < 1.29 is 55.1 Å². The third-order valence-corrected chi connectivity index (χ3v) is 0. The molecule has 0 aliphatic heterocycles. The molecule has 0 aromatic heterocycles. The summed E-state index contributed by atoms with van der Waals surface area (Å²) in [6.07, 6.45) is 0. The third kappa shape index (κ3) is 8.82. The molecule has 0 bridgehead atoms. The Morgan fingerprint density at radius 3 is 1.00 bits per heavy atom. The second-order valence-corrected chi connectivity index (χ2v) is 0. The van der Waals surface area contributed by atoms with Crippen molar-refractivity contribution in [1.82, 2.24) is 0 Å². The Labute approximate surface area is 82.0 Å². The first-order valence-electron chi connectivity index (χ1n) is 0. The van der Waals surface area contributed by atoms with Crippen molar-refractivity contribution >= 4 is 28.3 Å². The van der Waals surface area contributed by atoms with E-state index >= 15 is 0 Å². The van der Waals surface area contributed by atoms with Gasteiger partial charge < -0.3 is 0 Å². The quantitative estimate of drug-likeness (QED) is 0.420. The van der Waals surface area contributed by atoms with Crippen LogP contribution in [-0.2, 0) is 55.1 Å². The van der Waals surface area contributed by atoms with Gasteiger partial charge in [0.1, 0.15) is 0 Å². The monoisotopic (exact) mass is 348 g/mol. The minimum atomic E-state index is 0. The van der Waals surface area contributed by atoms with E-state index in [1.807, 2.05) is 0 Å². The first-order chi connectivity index (χ1) is 0. The van der Waals surface area contributed by atoms with E-state index in [-0.39, 0.29) is 83.4 Å². The zero-order valence-corrected chi connectivity index (χ0v) is 5.88. The summed E-state index contributed by atoms with van der Waals surface area (Å²) in [4.78, 5) is 0. The molecule has 0 spiro atoms. The van der Waals surface area contributed by atoms with Crippen LogP contribution in [-0.4, -0.2) is 28.3 Å². The third-order valence-electron chi connectivity index (χ3n) is 0. The van der Waals surface area contributed by atoms with Crippen LogP contribution in [0.4, 0.5) is 0 Å². The molecule has 0 saturated heterocycles. The van der Waals surface area contributed by atoms with E-state index in [2.05, 4.69) is 0 Å². The van der Waals surface area contributed by atoms with Gasteiger partial charge in [-0.25, -0.2) is 0 Å². The fraction of sp³-hybridized carbons (Fsp3) is 0. The average molecular weight is 348 g/mol. The average Bonchev–Trinajstić information content (AvgIpc) is 0. The van der Waals surface area contributed by atoms with E-state index in [0.29, 0.717) is 0 Å². The summed E-state index contributed by atoms with van der Waals surface area (Å²) in [5.41, 5.74) is 0. The molecule has 28 valence electrons. The largest absolute Gasteiger partial charge is 0.187 e. The summed E-state index contributed by atoms with van der Waals surface area (Å²) in [5.74, 6) is 0. The topological polar surface area (TPSA) is 0 Å². The zero-order valence-electron chi connectivity index (χ0n) is 0.879. The normalized spacial score (nSPS) is 0. The molecule has 0 unspecified atom stereocenters. The summed E-state index contributed by atoms with van der Waals surface area (Å²) in [6, 6.07) is 0. The molecule has 0 amide bonds. The van der Waals surface area contributed by atoms with Gasteiger partial charge in [-0.1, -0.05) is 0 Å². The van der Waals surface area contributed by atoms with Gasteiger partial charge in [0.2, 0.25) is 0 Å². The Morgan fingerprint density at radius 1 is 1.00 bits per heavy atom. The van der Waals surface area contributed by atoms with Gasteiger partial charge in [-0.05, 0) is 11.0 Å². The van der Waals surface area contributed by atoms with Crippen molar-refractivity contribution in [3.63, 3.8) is 0 Å². The van der Waals surface area contributed by atoms with Crippen LogP contribution in [0.1, 0.15) is 0 Å². The molecule has 0 aromatic rings. The van der Waals surface area contributed by atoms with Crippen LogP contribution in [0.25, 0.3) is 0 Å². The molecule has 0 rings (SSSR count). The summed E-state index contributed by atoms with van der Waals surface area (Å²) in [7, 11) is 0. The van der Waals surface area contributed by atoms with Gasteiger partial charge in [0.05, 0.1) is 0 Å². The minimum Gasteiger partial charge on any atom is -0.0149 e. The van der Waals surface area contributed by atoms with Crippen molar-refractivity contribution in [2.45, 2.75) is 0 Å². The summed E-state index contributed by atoms with van der Waals surface area (Å²) in [5, 5.41) is 0. The van der Waals surface area contributed by atoms with Gasteiger partial charge in [0.25, 0.3) is 0 Å². The summed E-state index contributed by atoms with van der Waals surface area (Å²) < 4.78 is 0. The standard InChI is InChI=1S/Al.Au.H4Si.Y.3H/h;;1H4;;;;. The van der Waals surface area contributed by atoms with Crippen LogP contribution in [0.3, 0.4) is 0 Å². The predicted octanol–water partition coefficient (Wildman–Crippen LogP) is -2.64. The van der Waals surface area contributed by atoms with Crippen LogP contribution >= 0.6 is 0 Å². The number of hydrogen-bond acceptors (Lipinski definition) is 0. The zero-order chi connectivity index (χ0) is 0. The van der Waals surface area contributed by atoms with Crippen LogP contribution < -0.4 is 0 Å². The summed E-state index contributed by atoms with van der Waals surface area (Å²) in [6.45, 7) is 0. The van der Waals surface area contributed by atoms with Crippen LogP contribution in [0.15, 0.2) is 0 Å². The van der Waals surface area contributed by atoms with Crippen molar-refractivity contribution in [3.05, 3.63) is 0 Å². The SMILES string of the molecule is [AlH3].[Au].[SiH4].[Y]. The molecule has 0 atom stereocenters. The molecule has 0 heterocycles. The molecule has 0 saturated carbocycles. The van der Waals surface area contributed by atoms with Gasteiger partial charge in [0, 0.05) is 55.1 Å². The fourth-order valence-corrected chi connectivity index (χ4v) is 0. The fourth-order valence-electron chi connectivity index (χ4n) is 0. The first-order valence-corrected chi connectivity index (χ1v) is 0. The van der Waals surface area contributed by atoms with Crippen molar-refractivity contribution in [3.8, 4) is 0 Å². The molecular formula is H7AlAuSiY. The Morgan fingerprint density at radius 2 is 1.00 bits per heavy atom. The molecule has 0 fully saturated rings. The molecule has 0 N–H and O–H groups in total. The Kier molecular flexibility index (Phi) is 135. The Balaban J connectivity index is 0. The molecular weight excluding hydrogens is 341 g/mol. The molecule has 0 aromatic carbocycles. The minimum absolute atomic E-state index is 0. The van der Waals surface area contributed by atoms with Crippen molar-refractivity contribution in [1.29, 1.82) is 0 Å². The molecule has 0 aliphatic carbocycles.